The van der Waals surface area contributed by atoms with Crippen LogP contribution < -0.4 is 5.73 Å². The Morgan fingerprint density at radius 1 is 1.43 bits per heavy atom. The van der Waals surface area contributed by atoms with Gasteiger partial charge in [0.1, 0.15) is 0 Å². The quantitative estimate of drug-likeness (QED) is 0.924. The summed E-state index contributed by atoms with van der Waals surface area (Å²) in [6, 6.07) is 7.88. The molecule has 2 rings (SSSR count). The second-order valence-corrected chi connectivity index (χ2v) is 6.70. The number of aryl methyl sites for hydroxylation is 1. The van der Waals surface area contributed by atoms with Crippen LogP contribution in [0.4, 0.5) is 0 Å². The van der Waals surface area contributed by atoms with Gasteiger partial charge in [-0.15, -0.1) is 12.4 Å². The lowest BCUT2D eigenvalue weighted by atomic mass is 9.79. The minimum absolute atomic E-state index is 0. The van der Waals surface area contributed by atoms with Crippen molar-refractivity contribution < 1.29 is 4.79 Å². The number of carbonyl (C=O) groups excluding carboxylic acids is 1. The molecule has 21 heavy (non-hydrogen) atoms. The highest BCUT2D eigenvalue weighted by Gasteiger charge is 2.34. The van der Waals surface area contributed by atoms with Crippen LogP contribution in [0.2, 0.25) is 5.02 Å². The Morgan fingerprint density at radius 2 is 2.10 bits per heavy atom. The lowest BCUT2D eigenvalue weighted by Gasteiger charge is -2.42. The Kier molecular flexibility index (Phi) is 6.51. The molecule has 1 unspecified atom stereocenters. The molecule has 1 amide bonds. The van der Waals surface area contributed by atoms with Crippen LogP contribution in [0, 0.1) is 5.41 Å². The maximum atomic E-state index is 12.3. The molecule has 1 aliphatic heterocycles. The van der Waals surface area contributed by atoms with Gasteiger partial charge in [-0.25, -0.2) is 0 Å². The molecule has 0 bridgehead atoms. The van der Waals surface area contributed by atoms with Crippen LogP contribution in [0.5, 0.6) is 0 Å². The Bertz CT molecular complexity index is 491. The van der Waals surface area contributed by atoms with E-state index in [4.69, 9.17) is 17.3 Å². The summed E-state index contributed by atoms with van der Waals surface area (Å²) in [4.78, 5) is 14.3. The topological polar surface area (TPSA) is 46.3 Å². The lowest BCUT2D eigenvalue weighted by Crippen LogP contribution is -2.54. The van der Waals surface area contributed by atoms with Gasteiger partial charge in [0, 0.05) is 30.6 Å². The third kappa shape index (κ3) is 4.60. The van der Waals surface area contributed by atoms with Crippen molar-refractivity contribution >= 4 is 29.9 Å². The molecule has 0 saturated carbocycles. The standard InChI is InChI=1S/C16H23ClN2O.ClH/c1-16(2)11-19(10-9-14(16)18)15(20)8-7-12-5-3-4-6-13(12)17;/h3-6,14H,7-11,18H2,1-2H3;1H. The van der Waals surface area contributed by atoms with Crippen molar-refractivity contribution in [2.75, 3.05) is 13.1 Å². The van der Waals surface area contributed by atoms with Crippen LogP contribution in [-0.2, 0) is 11.2 Å². The molecule has 1 aliphatic rings. The summed E-state index contributed by atoms with van der Waals surface area (Å²) in [5.41, 5.74) is 7.14. The normalized spacial score (nSPS) is 20.8. The van der Waals surface area contributed by atoms with E-state index in [0.29, 0.717) is 12.8 Å². The first-order valence-corrected chi connectivity index (χ1v) is 7.55. The van der Waals surface area contributed by atoms with Crippen molar-refractivity contribution in [1.82, 2.24) is 4.90 Å². The highest BCUT2D eigenvalue weighted by molar-refractivity contribution is 6.31. The number of nitrogens with two attached hydrogens (primary N) is 1. The smallest absolute Gasteiger partial charge is 0.222 e. The number of hydrogen-bond donors (Lipinski definition) is 1. The SMILES string of the molecule is CC1(C)CN(C(=O)CCc2ccccc2Cl)CCC1N.Cl. The first kappa shape index (κ1) is 18.3. The highest BCUT2D eigenvalue weighted by Crippen LogP contribution is 2.28. The fraction of sp³-hybridized carbons (Fsp3) is 0.562. The monoisotopic (exact) mass is 330 g/mol. The minimum atomic E-state index is -0.00168. The molecule has 0 spiro atoms. The van der Waals surface area contributed by atoms with Gasteiger partial charge in [0.2, 0.25) is 5.91 Å². The van der Waals surface area contributed by atoms with E-state index in [1.807, 2.05) is 29.2 Å². The predicted molar refractivity (Wildman–Crippen MR) is 90.0 cm³/mol. The van der Waals surface area contributed by atoms with E-state index < -0.39 is 0 Å². The molecule has 5 heteroatoms. The van der Waals surface area contributed by atoms with E-state index in [1.54, 1.807) is 0 Å². The molecule has 118 valence electrons. The van der Waals surface area contributed by atoms with E-state index in [1.165, 1.54) is 0 Å². The highest BCUT2D eigenvalue weighted by atomic mass is 35.5. The number of benzene rings is 1. The number of amides is 1. The van der Waals surface area contributed by atoms with Crippen LogP contribution >= 0.6 is 24.0 Å². The molecule has 1 saturated heterocycles. The number of carbonyl (C=O) groups is 1. The molecule has 1 atom stereocenters. The Labute approximate surface area is 138 Å². The van der Waals surface area contributed by atoms with Crippen LogP contribution in [0.3, 0.4) is 0 Å². The van der Waals surface area contributed by atoms with E-state index >= 15 is 0 Å². The first-order chi connectivity index (χ1) is 9.40. The van der Waals surface area contributed by atoms with Gasteiger partial charge in [-0.3, -0.25) is 4.79 Å². The zero-order valence-electron chi connectivity index (χ0n) is 12.6. The molecule has 3 nitrogen and oxygen atoms in total. The van der Waals surface area contributed by atoms with Crippen molar-refractivity contribution in [1.29, 1.82) is 0 Å². The second kappa shape index (κ2) is 7.48. The Morgan fingerprint density at radius 3 is 2.71 bits per heavy atom. The summed E-state index contributed by atoms with van der Waals surface area (Å²) in [6.45, 7) is 5.78. The van der Waals surface area contributed by atoms with Gasteiger partial charge in [-0.05, 0) is 29.9 Å². The molecule has 0 radical (unpaired) electrons. The summed E-state index contributed by atoms with van der Waals surface area (Å²) >= 11 is 6.12. The second-order valence-electron chi connectivity index (χ2n) is 6.29. The van der Waals surface area contributed by atoms with Crippen LogP contribution in [0.15, 0.2) is 24.3 Å². The van der Waals surface area contributed by atoms with Crippen molar-refractivity contribution in [2.24, 2.45) is 11.1 Å². The lowest BCUT2D eigenvalue weighted by molar-refractivity contribution is -0.134. The zero-order valence-corrected chi connectivity index (χ0v) is 14.2. The van der Waals surface area contributed by atoms with Gasteiger partial charge in [-0.2, -0.15) is 0 Å². The minimum Gasteiger partial charge on any atom is -0.342 e. The molecule has 2 N–H and O–H groups in total. The fourth-order valence-electron chi connectivity index (χ4n) is 2.69. The van der Waals surface area contributed by atoms with Crippen molar-refractivity contribution in [2.45, 2.75) is 39.2 Å². The molecule has 1 fully saturated rings. The maximum Gasteiger partial charge on any atom is 0.222 e. The fourth-order valence-corrected chi connectivity index (χ4v) is 2.92. The van der Waals surface area contributed by atoms with E-state index in [-0.39, 0.29) is 29.8 Å². The summed E-state index contributed by atoms with van der Waals surface area (Å²) in [7, 11) is 0. The summed E-state index contributed by atoms with van der Waals surface area (Å²) in [5.74, 6) is 0.199. The van der Waals surface area contributed by atoms with Gasteiger partial charge in [-0.1, -0.05) is 43.6 Å². The molecule has 1 aromatic carbocycles. The third-order valence-corrected chi connectivity index (χ3v) is 4.60. The molecular weight excluding hydrogens is 307 g/mol. The van der Waals surface area contributed by atoms with Crippen LogP contribution in [0.25, 0.3) is 0 Å². The number of rotatable bonds is 3. The number of halogens is 2. The van der Waals surface area contributed by atoms with Crippen molar-refractivity contribution in [3.05, 3.63) is 34.9 Å². The Hall–Kier alpha value is -0.770. The zero-order chi connectivity index (χ0) is 14.8. The Balaban J connectivity index is 0.00000220. The summed E-state index contributed by atoms with van der Waals surface area (Å²) in [5, 5.41) is 0.737. The third-order valence-electron chi connectivity index (χ3n) is 4.23. The average molecular weight is 331 g/mol. The van der Waals surface area contributed by atoms with Gasteiger partial charge in [0.15, 0.2) is 0 Å². The van der Waals surface area contributed by atoms with E-state index in [9.17, 15) is 4.79 Å². The largest absolute Gasteiger partial charge is 0.342 e. The summed E-state index contributed by atoms with van der Waals surface area (Å²) < 4.78 is 0. The summed E-state index contributed by atoms with van der Waals surface area (Å²) in [6.07, 6.45) is 2.08. The molecule has 1 heterocycles. The van der Waals surface area contributed by atoms with E-state index in [0.717, 1.165) is 30.1 Å². The van der Waals surface area contributed by atoms with Crippen LogP contribution in [0.1, 0.15) is 32.3 Å². The predicted octanol–water partition coefficient (Wildman–Crippen LogP) is 3.28. The molecular formula is C16H24Cl2N2O. The van der Waals surface area contributed by atoms with Crippen molar-refractivity contribution in [3.8, 4) is 0 Å². The number of hydrogen-bond acceptors (Lipinski definition) is 2. The number of piperidine rings is 1. The van der Waals surface area contributed by atoms with Crippen molar-refractivity contribution in [3.63, 3.8) is 0 Å². The number of likely N-dealkylation sites (tertiary alicyclic amines) is 1. The number of nitrogens with zero attached hydrogens (tertiary/aromatic N) is 1. The maximum absolute atomic E-state index is 12.3. The van der Waals surface area contributed by atoms with Gasteiger partial charge in [0.05, 0.1) is 0 Å². The first-order valence-electron chi connectivity index (χ1n) is 7.17. The van der Waals surface area contributed by atoms with E-state index in [2.05, 4.69) is 13.8 Å². The van der Waals surface area contributed by atoms with Gasteiger partial charge >= 0.3 is 0 Å². The molecule has 0 aromatic heterocycles. The molecule has 1 aromatic rings. The van der Waals surface area contributed by atoms with Crippen LogP contribution in [-0.4, -0.2) is 29.9 Å². The van der Waals surface area contributed by atoms with Gasteiger partial charge < -0.3 is 10.6 Å². The van der Waals surface area contributed by atoms with Gasteiger partial charge in [0.25, 0.3) is 0 Å². The average Bonchev–Trinajstić information content (AvgIpc) is 2.40. The molecule has 0 aliphatic carbocycles.